The zero-order valence-corrected chi connectivity index (χ0v) is 17.0. The summed E-state index contributed by atoms with van der Waals surface area (Å²) in [5.74, 6) is 0.592. The third kappa shape index (κ3) is 3.48. The van der Waals surface area contributed by atoms with E-state index in [1.165, 1.54) is 12.4 Å². The van der Waals surface area contributed by atoms with Crippen molar-refractivity contribution in [2.75, 3.05) is 23.3 Å². The maximum absolute atomic E-state index is 14.1. The van der Waals surface area contributed by atoms with Gasteiger partial charge >= 0.3 is 0 Å². The molecular formula is C23H21FN4O3. The number of ether oxygens (including phenoxy) is 1. The fourth-order valence-electron chi connectivity index (χ4n) is 4.24. The number of Topliss-reactive ketones (excluding diaryl/α,β-unsaturated/α-hetero) is 1. The van der Waals surface area contributed by atoms with E-state index in [0.717, 1.165) is 0 Å². The summed E-state index contributed by atoms with van der Waals surface area (Å²) in [6.45, 7) is 2.96. The van der Waals surface area contributed by atoms with E-state index in [-0.39, 0.29) is 23.4 Å². The zero-order valence-electron chi connectivity index (χ0n) is 17.0. The summed E-state index contributed by atoms with van der Waals surface area (Å²) >= 11 is 0. The lowest BCUT2D eigenvalue weighted by Crippen LogP contribution is -2.37. The van der Waals surface area contributed by atoms with E-state index in [4.69, 9.17) is 4.74 Å². The molecular weight excluding hydrogens is 399 g/mol. The van der Waals surface area contributed by atoms with E-state index in [2.05, 4.69) is 20.2 Å². The van der Waals surface area contributed by atoms with Crippen molar-refractivity contribution in [1.29, 1.82) is 0 Å². The van der Waals surface area contributed by atoms with E-state index in [1.807, 2.05) is 6.07 Å². The fraction of sp³-hybridized carbons (Fsp3) is 0.304. The molecule has 1 atom stereocenters. The highest BCUT2D eigenvalue weighted by molar-refractivity contribution is 6.02. The molecule has 2 aliphatic heterocycles. The SMILES string of the molecule is CC1Oc2ccc(C(=O)C3CCN(c4ncnc5c(F)cccc45)CC3)cc2NC1=O. The first-order valence-corrected chi connectivity index (χ1v) is 10.3. The highest BCUT2D eigenvalue weighted by atomic mass is 19.1. The van der Waals surface area contributed by atoms with Crippen LogP contribution in [0.15, 0.2) is 42.7 Å². The molecule has 0 aliphatic carbocycles. The number of fused-ring (bicyclic) bond motifs is 2. The molecule has 8 heteroatoms. The summed E-state index contributed by atoms with van der Waals surface area (Å²) in [5, 5.41) is 3.46. The summed E-state index contributed by atoms with van der Waals surface area (Å²) in [5.41, 5.74) is 1.39. The van der Waals surface area contributed by atoms with Crippen LogP contribution in [0, 0.1) is 11.7 Å². The summed E-state index contributed by atoms with van der Waals surface area (Å²) in [6.07, 6.45) is 2.15. The molecule has 1 saturated heterocycles. The number of hydrogen-bond donors (Lipinski definition) is 1. The number of nitrogens with zero attached hydrogens (tertiary/aromatic N) is 3. The van der Waals surface area contributed by atoms with Gasteiger partial charge in [-0.3, -0.25) is 9.59 Å². The van der Waals surface area contributed by atoms with E-state index in [1.54, 1.807) is 31.2 Å². The molecule has 3 aromatic rings. The van der Waals surface area contributed by atoms with Gasteiger partial charge in [-0.1, -0.05) is 6.07 Å². The fourth-order valence-corrected chi connectivity index (χ4v) is 4.24. The Kier molecular flexibility index (Phi) is 4.77. The number of ketones is 1. The molecule has 1 N–H and O–H groups in total. The molecule has 1 unspecified atom stereocenters. The van der Waals surface area contributed by atoms with Crippen molar-refractivity contribution in [3.05, 3.63) is 54.1 Å². The van der Waals surface area contributed by atoms with Crippen molar-refractivity contribution in [1.82, 2.24) is 9.97 Å². The minimum absolute atomic E-state index is 0.0499. The molecule has 1 amide bonds. The lowest BCUT2D eigenvalue weighted by atomic mass is 9.88. The minimum Gasteiger partial charge on any atom is -0.479 e. The van der Waals surface area contributed by atoms with Gasteiger partial charge in [0.2, 0.25) is 0 Å². The summed E-state index contributed by atoms with van der Waals surface area (Å²) in [6, 6.07) is 10.0. The highest BCUT2D eigenvalue weighted by Gasteiger charge is 2.29. The number of amides is 1. The average molecular weight is 420 g/mol. The second-order valence-corrected chi connectivity index (χ2v) is 7.92. The predicted octanol–water partition coefficient (Wildman–Crippen LogP) is 3.59. The first kappa shape index (κ1) is 19.4. The van der Waals surface area contributed by atoms with Crippen LogP contribution < -0.4 is 15.0 Å². The first-order chi connectivity index (χ1) is 15.0. The Morgan fingerprint density at radius 1 is 1.19 bits per heavy atom. The lowest BCUT2D eigenvalue weighted by Gasteiger charge is -2.32. The molecule has 3 heterocycles. The number of anilines is 2. The van der Waals surface area contributed by atoms with Gasteiger partial charge in [0.25, 0.3) is 5.91 Å². The van der Waals surface area contributed by atoms with Gasteiger partial charge in [-0.25, -0.2) is 14.4 Å². The Morgan fingerprint density at radius 2 is 2.00 bits per heavy atom. The number of carbonyl (C=O) groups is 2. The number of benzene rings is 2. The van der Waals surface area contributed by atoms with Crippen LogP contribution in [0.1, 0.15) is 30.1 Å². The van der Waals surface area contributed by atoms with Crippen molar-refractivity contribution in [3.63, 3.8) is 0 Å². The molecule has 158 valence electrons. The number of carbonyl (C=O) groups excluding carboxylic acids is 2. The summed E-state index contributed by atoms with van der Waals surface area (Å²) in [4.78, 5) is 35.5. The van der Waals surface area contributed by atoms with Crippen LogP contribution in [0.2, 0.25) is 0 Å². The maximum Gasteiger partial charge on any atom is 0.265 e. The van der Waals surface area contributed by atoms with Gasteiger partial charge in [0.1, 0.15) is 29.2 Å². The van der Waals surface area contributed by atoms with Crippen molar-refractivity contribution in [2.45, 2.75) is 25.9 Å². The zero-order chi connectivity index (χ0) is 21.5. The van der Waals surface area contributed by atoms with Gasteiger partial charge in [0.15, 0.2) is 11.9 Å². The van der Waals surface area contributed by atoms with Crippen molar-refractivity contribution in [2.24, 2.45) is 5.92 Å². The summed E-state index contributed by atoms with van der Waals surface area (Å²) < 4.78 is 19.6. The highest BCUT2D eigenvalue weighted by Crippen LogP contribution is 2.33. The van der Waals surface area contributed by atoms with Crippen LogP contribution >= 0.6 is 0 Å². The van der Waals surface area contributed by atoms with Crippen molar-refractivity contribution >= 4 is 34.1 Å². The first-order valence-electron chi connectivity index (χ1n) is 10.3. The molecule has 5 rings (SSSR count). The number of aromatic nitrogens is 2. The Morgan fingerprint density at radius 3 is 2.81 bits per heavy atom. The Balaban J connectivity index is 1.31. The molecule has 7 nitrogen and oxygen atoms in total. The predicted molar refractivity (Wildman–Crippen MR) is 114 cm³/mol. The molecule has 0 spiro atoms. The molecule has 2 aliphatic rings. The molecule has 31 heavy (non-hydrogen) atoms. The molecule has 0 bridgehead atoms. The third-order valence-electron chi connectivity index (χ3n) is 5.95. The maximum atomic E-state index is 14.1. The Labute approximate surface area is 178 Å². The van der Waals surface area contributed by atoms with Crippen LogP contribution in [0.25, 0.3) is 10.9 Å². The van der Waals surface area contributed by atoms with Gasteiger partial charge in [-0.2, -0.15) is 0 Å². The van der Waals surface area contributed by atoms with Crippen LogP contribution in [0.5, 0.6) is 5.75 Å². The molecule has 0 saturated carbocycles. The van der Waals surface area contributed by atoms with E-state index in [9.17, 15) is 14.0 Å². The van der Waals surface area contributed by atoms with Crippen LogP contribution in [0.3, 0.4) is 0 Å². The normalized spacial score (nSPS) is 19.0. The van der Waals surface area contributed by atoms with E-state index < -0.39 is 6.10 Å². The molecule has 1 aromatic heterocycles. The number of piperidine rings is 1. The van der Waals surface area contributed by atoms with Gasteiger partial charge < -0.3 is 15.0 Å². The average Bonchev–Trinajstić information content (AvgIpc) is 2.79. The van der Waals surface area contributed by atoms with Crippen molar-refractivity contribution in [3.8, 4) is 5.75 Å². The Bertz CT molecular complexity index is 1190. The minimum atomic E-state index is -0.551. The van der Waals surface area contributed by atoms with Gasteiger partial charge in [0.05, 0.1) is 5.69 Å². The van der Waals surface area contributed by atoms with Crippen molar-refractivity contribution < 1.29 is 18.7 Å². The number of nitrogens with one attached hydrogen (secondary N) is 1. The summed E-state index contributed by atoms with van der Waals surface area (Å²) in [7, 11) is 0. The number of halogens is 1. The van der Waals surface area contributed by atoms with Crippen LogP contribution in [-0.4, -0.2) is 40.9 Å². The van der Waals surface area contributed by atoms with Gasteiger partial charge in [-0.15, -0.1) is 0 Å². The van der Waals surface area contributed by atoms with Crippen LogP contribution in [-0.2, 0) is 4.79 Å². The van der Waals surface area contributed by atoms with Gasteiger partial charge in [-0.05, 0) is 50.1 Å². The van der Waals surface area contributed by atoms with E-state index in [0.29, 0.717) is 59.7 Å². The standard InChI is InChI=1S/C23H21FN4O3/c1-13-23(30)27-18-11-15(5-6-19(18)31-13)21(29)14-7-9-28(10-8-14)22-16-3-2-4-17(24)20(16)25-12-26-22/h2-6,11-14H,7-10H2,1H3,(H,27,30). The number of hydrogen-bond acceptors (Lipinski definition) is 6. The largest absolute Gasteiger partial charge is 0.479 e. The number of para-hydroxylation sites is 1. The topological polar surface area (TPSA) is 84.4 Å². The molecule has 2 aromatic carbocycles. The molecule has 1 fully saturated rings. The Hall–Kier alpha value is -3.55. The van der Waals surface area contributed by atoms with Gasteiger partial charge in [0, 0.05) is 30.0 Å². The lowest BCUT2D eigenvalue weighted by molar-refractivity contribution is -0.122. The van der Waals surface area contributed by atoms with Crippen LogP contribution in [0.4, 0.5) is 15.9 Å². The second kappa shape index (κ2) is 7.61. The smallest absolute Gasteiger partial charge is 0.265 e. The monoisotopic (exact) mass is 420 g/mol. The molecule has 0 radical (unpaired) electrons. The second-order valence-electron chi connectivity index (χ2n) is 7.92. The number of rotatable bonds is 3. The quantitative estimate of drug-likeness (QED) is 0.652. The van der Waals surface area contributed by atoms with E-state index >= 15 is 0 Å². The third-order valence-corrected chi connectivity index (χ3v) is 5.95.